The number of hydrogen-bond acceptors (Lipinski definition) is 5. The fourth-order valence-electron chi connectivity index (χ4n) is 3.71. The summed E-state index contributed by atoms with van der Waals surface area (Å²) in [5.74, 6) is -1.93. The lowest BCUT2D eigenvalue weighted by atomic mass is 10.1. The highest BCUT2D eigenvalue weighted by Crippen LogP contribution is 2.32. The van der Waals surface area contributed by atoms with Gasteiger partial charge in [-0.3, -0.25) is 14.4 Å². The van der Waals surface area contributed by atoms with E-state index in [0.29, 0.717) is 24.5 Å². The number of carbonyl (C=O) groups excluding carboxylic acids is 3. The number of nitrogens with zero attached hydrogens (tertiary/aromatic N) is 1. The van der Waals surface area contributed by atoms with E-state index in [-0.39, 0.29) is 30.6 Å². The maximum Gasteiger partial charge on any atom is 0.255 e. The molecule has 0 spiro atoms. The number of carbonyl (C=O) groups is 3. The lowest BCUT2D eigenvalue weighted by Gasteiger charge is -2.41. The van der Waals surface area contributed by atoms with Crippen molar-refractivity contribution in [1.29, 1.82) is 0 Å². The molecule has 2 aromatic rings. The standard InChI is InChI=1S/C23H27FN4O4/c1-14-12-32-13-15(2)28(14)20-7-6-17(22(30)26-9-8-21(25)29)11-19(20)27-23(31)16-4-3-5-18(24)10-16/h3-7,10-11,14-15H,8-9,12-13H2,1-2H3,(H2,25,29)(H,26,30)(H,27,31). The molecule has 1 heterocycles. The van der Waals surface area contributed by atoms with E-state index in [1.165, 1.54) is 18.2 Å². The maximum atomic E-state index is 13.6. The van der Waals surface area contributed by atoms with Crippen molar-refractivity contribution in [2.45, 2.75) is 32.4 Å². The minimum Gasteiger partial charge on any atom is -0.377 e. The molecule has 2 aromatic carbocycles. The highest BCUT2D eigenvalue weighted by atomic mass is 19.1. The minimum atomic E-state index is -0.518. The lowest BCUT2D eigenvalue weighted by molar-refractivity contribution is -0.117. The molecule has 32 heavy (non-hydrogen) atoms. The van der Waals surface area contributed by atoms with Crippen LogP contribution in [0.3, 0.4) is 0 Å². The van der Waals surface area contributed by atoms with Gasteiger partial charge < -0.3 is 26.0 Å². The van der Waals surface area contributed by atoms with Crippen LogP contribution in [-0.2, 0) is 9.53 Å². The first-order valence-corrected chi connectivity index (χ1v) is 10.4. The summed E-state index contributed by atoms with van der Waals surface area (Å²) in [7, 11) is 0. The molecule has 1 fully saturated rings. The van der Waals surface area contributed by atoms with Crippen LogP contribution in [0.1, 0.15) is 41.0 Å². The second kappa shape index (κ2) is 10.2. The zero-order valence-corrected chi connectivity index (χ0v) is 18.1. The molecule has 1 aliphatic rings. The van der Waals surface area contributed by atoms with Gasteiger partial charge in [0.25, 0.3) is 11.8 Å². The van der Waals surface area contributed by atoms with E-state index in [0.717, 1.165) is 11.8 Å². The maximum absolute atomic E-state index is 13.6. The van der Waals surface area contributed by atoms with E-state index < -0.39 is 23.5 Å². The van der Waals surface area contributed by atoms with Crippen molar-refractivity contribution in [1.82, 2.24) is 5.32 Å². The third-order valence-electron chi connectivity index (χ3n) is 5.20. The Kier molecular flexibility index (Phi) is 7.42. The SMILES string of the molecule is CC1COCC(C)N1c1ccc(C(=O)NCCC(N)=O)cc1NC(=O)c1cccc(F)c1. The van der Waals surface area contributed by atoms with Gasteiger partial charge in [-0.25, -0.2) is 4.39 Å². The largest absolute Gasteiger partial charge is 0.377 e. The first kappa shape index (κ1) is 23.2. The van der Waals surface area contributed by atoms with E-state index >= 15 is 0 Å². The predicted molar refractivity (Wildman–Crippen MR) is 119 cm³/mol. The quantitative estimate of drug-likeness (QED) is 0.609. The Balaban J connectivity index is 1.92. The minimum absolute atomic E-state index is 0.0236. The molecule has 0 bridgehead atoms. The Morgan fingerprint density at radius 2 is 1.75 bits per heavy atom. The third kappa shape index (κ3) is 5.61. The van der Waals surface area contributed by atoms with E-state index in [2.05, 4.69) is 15.5 Å². The number of primary amides is 1. The number of morpholine rings is 1. The summed E-state index contributed by atoms with van der Waals surface area (Å²) in [5, 5.41) is 5.45. The van der Waals surface area contributed by atoms with E-state index in [1.807, 2.05) is 13.8 Å². The number of benzene rings is 2. The van der Waals surface area contributed by atoms with E-state index in [4.69, 9.17) is 10.5 Å². The molecule has 1 saturated heterocycles. The Morgan fingerprint density at radius 3 is 2.41 bits per heavy atom. The van der Waals surface area contributed by atoms with Crippen molar-refractivity contribution < 1.29 is 23.5 Å². The second-order valence-corrected chi connectivity index (χ2v) is 7.81. The van der Waals surface area contributed by atoms with E-state index in [1.54, 1.807) is 18.2 Å². The normalized spacial score (nSPS) is 18.2. The summed E-state index contributed by atoms with van der Waals surface area (Å²) in [6, 6.07) is 10.5. The average Bonchev–Trinajstić information content (AvgIpc) is 2.74. The molecule has 2 unspecified atom stereocenters. The first-order chi connectivity index (χ1) is 15.3. The van der Waals surface area contributed by atoms with Crippen LogP contribution in [0.4, 0.5) is 15.8 Å². The summed E-state index contributed by atoms with van der Waals surface area (Å²) in [5.41, 5.74) is 6.73. The van der Waals surface area contributed by atoms with Gasteiger partial charge in [0.2, 0.25) is 5.91 Å². The van der Waals surface area contributed by atoms with Gasteiger partial charge in [0, 0.05) is 36.2 Å². The van der Waals surface area contributed by atoms with Gasteiger partial charge in [-0.15, -0.1) is 0 Å². The smallest absolute Gasteiger partial charge is 0.255 e. The molecule has 4 N–H and O–H groups in total. The summed E-state index contributed by atoms with van der Waals surface area (Å²) >= 11 is 0. The van der Waals surface area contributed by atoms with Crippen LogP contribution in [0.15, 0.2) is 42.5 Å². The molecule has 2 atom stereocenters. The molecular weight excluding hydrogens is 415 g/mol. The number of ether oxygens (including phenoxy) is 1. The van der Waals surface area contributed by atoms with Crippen molar-refractivity contribution in [3.8, 4) is 0 Å². The van der Waals surface area contributed by atoms with Gasteiger partial charge in [0.15, 0.2) is 0 Å². The summed E-state index contributed by atoms with van der Waals surface area (Å²) < 4.78 is 19.2. The van der Waals surface area contributed by atoms with Crippen LogP contribution in [0.2, 0.25) is 0 Å². The first-order valence-electron chi connectivity index (χ1n) is 10.4. The van der Waals surface area contributed by atoms with E-state index in [9.17, 15) is 18.8 Å². The van der Waals surface area contributed by atoms with Gasteiger partial charge in [-0.05, 0) is 50.2 Å². The predicted octanol–water partition coefficient (Wildman–Crippen LogP) is 2.30. The number of hydrogen-bond donors (Lipinski definition) is 3. The van der Waals surface area contributed by atoms with Crippen LogP contribution >= 0.6 is 0 Å². The van der Waals surface area contributed by atoms with Crippen molar-refractivity contribution in [3.63, 3.8) is 0 Å². The molecule has 0 aliphatic carbocycles. The van der Waals surface area contributed by atoms with Crippen LogP contribution in [0, 0.1) is 5.82 Å². The molecule has 0 radical (unpaired) electrons. The Bertz CT molecular complexity index is 1000. The van der Waals surface area contributed by atoms with Gasteiger partial charge >= 0.3 is 0 Å². The molecule has 3 rings (SSSR count). The number of halogens is 1. The summed E-state index contributed by atoms with van der Waals surface area (Å²) in [6.45, 7) is 5.18. The van der Waals surface area contributed by atoms with Gasteiger partial charge in [-0.1, -0.05) is 6.07 Å². The molecule has 3 amide bonds. The molecule has 170 valence electrons. The molecular formula is C23H27FN4O4. The van der Waals surface area contributed by atoms with Crippen molar-refractivity contribution in [3.05, 3.63) is 59.4 Å². The zero-order chi connectivity index (χ0) is 23.3. The molecule has 8 nitrogen and oxygen atoms in total. The number of amides is 3. The number of nitrogens with one attached hydrogen (secondary N) is 2. The third-order valence-corrected chi connectivity index (χ3v) is 5.20. The highest BCUT2D eigenvalue weighted by Gasteiger charge is 2.28. The monoisotopic (exact) mass is 442 g/mol. The number of anilines is 2. The fourth-order valence-corrected chi connectivity index (χ4v) is 3.71. The van der Waals surface area contributed by atoms with Gasteiger partial charge in [0.1, 0.15) is 5.82 Å². The highest BCUT2D eigenvalue weighted by molar-refractivity contribution is 6.07. The Morgan fingerprint density at radius 1 is 1.06 bits per heavy atom. The molecule has 0 saturated carbocycles. The fraction of sp³-hybridized carbons (Fsp3) is 0.348. The summed E-state index contributed by atoms with van der Waals surface area (Å²) in [4.78, 5) is 38.4. The topological polar surface area (TPSA) is 114 Å². The van der Waals surface area contributed by atoms with Crippen LogP contribution in [0.25, 0.3) is 0 Å². The van der Waals surface area contributed by atoms with Crippen LogP contribution in [-0.4, -0.2) is 49.6 Å². The average molecular weight is 442 g/mol. The zero-order valence-electron chi connectivity index (χ0n) is 18.1. The van der Waals surface area contributed by atoms with Crippen LogP contribution in [0.5, 0.6) is 0 Å². The number of nitrogens with two attached hydrogens (primary N) is 1. The Hall–Kier alpha value is -3.46. The van der Waals surface area contributed by atoms with Gasteiger partial charge in [-0.2, -0.15) is 0 Å². The number of rotatable bonds is 7. The second-order valence-electron chi connectivity index (χ2n) is 7.81. The molecule has 0 aromatic heterocycles. The van der Waals surface area contributed by atoms with Crippen LogP contribution < -0.4 is 21.3 Å². The van der Waals surface area contributed by atoms with Gasteiger partial charge in [0.05, 0.1) is 24.6 Å². The molecule has 1 aliphatic heterocycles. The van der Waals surface area contributed by atoms with Crippen molar-refractivity contribution >= 4 is 29.1 Å². The lowest BCUT2D eigenvalue weighted by Crippen LogP contribution is -2.50. The Labute approximate surface area is 185 Å². The summed E-state index contributed by atoms with van der Waals surface area (Å²) in [6.07, 6.45) is 0.0236. The van der Waals surface area contributed by atoms with Crippen molar-refractivity contribution in [2.24, 2.45) is 5.73 Å². The van der Waals surface area contributed by atoms with Crippen molar-refractivity contribution in [2.75, 3.05) is 30.0 Å². The molecule has 9 heteroatoms.